The molecule has 76 valence electrons. The Labute approximate surface area is 88.2 Å². The molecule has 0 spiro atoms. The molecule has 0 atom stereocenters. The van der Waals surface area contributed by atoms with E-state index in [2.05, 4.69) is 6.58 Å². The van der Waals surface area contributed by atoms with Gasteiger partial charge in [0.05, 0.1) is 0 Å². The molecule has 0 N–H and O–H groups in total. The average molecular weight is 200 g/mol. The van der Waals surface area contributed by atoms with Gasteiger partial charge in [0, 0.05) is 5.39 Å². The van der Waals surface area contributed by atoms with Gasteiger partial charge >= 0.3 is 0 Å². The second-order valence-electron chi connectivity index (χ2n) is 3.76. The van der Waals surface area contributed by atoms with Gasteiger partial charge in [-0.15, -0.1) is 0 Å². The number of Topliss-reactive ketones (excluding diaryl/α,β-unsaturated/α-hetero) is 1. The zero-order chi connectivity index (χ0) is 11.0. The number of ketones is 1. The van der Waals surface area contributed by atoms with Gasteiger partial charge in [-0.3, -0.25) is 4.79 Å². The first-order valence-electron chi connectivity index (χ1n) is 4.78. The Balaban J connectivity index is 2.56. The summed E-state index contributed by atoms with van der Waals surface area (Å²) >= 11 is 0. The van der Waals surface area contributed by atoms with Gasteiger partial charge in [0.15, 0.2) is 5.76 Å². The van der Waals surface area contributed by atoms with Crippen LogP contribution in [0.4, 0.5) is 0 Å². The molecule has 2 aromatic rings. The van der Waals surface area contributed by atoms with Gasteiger partial charge in [-0.25, -0.2) is 0 Å². The fraction of sp³-hybridized carbons (Fsp3) is 0.154. The van der Waals surface area contributed by atoms with Gasteiger partial charge in [-0.2, -0.15) is 0 Å². The smallest absolute Gasteiger partial charge is 0.223 e. The fourth-order valence-electron chi connectivity index (χ4n) is 1.48. The standard InChI is InChI=1S/C13H12O2/c1-8(2)13(14)12-7-10-6-9(3)4-5-11(10)15-12/h4-7H,1H2,2-3H3. The summed E-state index contributed by atoms with van der Waals surface area (Å²) in [4.78, 5) is 11.6. The number of carbonyl (C=O) groups excluding carboxylic acids is 1. The maximum absolute atomic E-state index is 11.6. The van der Waals surface area contributed by atoms with Crippen LogP contribution in [-0.2, 0) is 0 Å². The van der Waals surface area contributed by atoms with Crippen LogP contribution in [0.3, 0.4) is 0 Å². The second kappa shape index (κ2) is 3.39. The molecule has 2 rings (SSSR count). The van der Waals surface area contributed by atoms with E-state index in [0.29, 0.717) is 11.3 Å². The molecule has 0 saturated heterocycles. The lowest BCUT2D eigenvalue weighted by Gasteiger charge is -1.91. The van der Waals surface area contributed by atoms with Crippen molar-refractivity contribution in [3.05, 3.63) is 47.7 Å². The first-order chi connectivity index (χ1) is 7.08. The quantitative estimate of drug-likeness (QED) is 0.548. The molecule has 0 unspecified atom stereocenters. The number of furan rings is 1. The normalized spacial score (nSPS) is 10.5. The molecule has 2 heteroatoms. The van der Waals surface area contributed by atoms with E-state index in [0.717, 1.165) is 16.5 Å². The number of rotatable bonds is 2. The largest absolute Gasteiger partial charge is 0.453 e. The number of aryl methyl sites for hydroxylation is 1. The van der Waals surface area contributed by atoms with Crippen molar-refractivity contribution in [3.63, 3.8) is 0 Å². The number of allylic oxidation sites excluding steroid dienone is 1. The third-order valence-corrected chi connectivity index (χ3v) is 2.28. The Morgan fingerprint density at radius 1 is 1.33 bits per heavy atom. The van der Waals surface area contributed by atoms with Crippen LogP contribution in [0.25, 0.3) is 11.0 Å². The van der Waals surface area contributed by atoms with Gasteiger partial charge < -0.3 is 4.42 Å². The third-order valence-electron chi connectivity index (χ3n) is 2.28. The highest BCUT2D eigenvalue weighted by Gasteiger charge is 2.12. The van der Waals surface area contributed by atoms with Crippen molar-refractivity contribution in [2.24, 2.45) is 0 Å². The summed E-state index contributed by atoms with van der Waals surface area (Å²) in [6.45, 7) is 7.30. The molecule has 0 fully saturated rings. The van der Waals surface area contributed by atoms with Crippen LogP contribution in [0, 0.1) is 6.92 Å². The lowest BCUT2D eigenvalue weighted by Crippen LogP contribution is -1.96. The molecule has 0 amide bonds. The number of fused-ring (bicyclic) bond motifs is 1. The molecule has 1 heterocycles. The highest BCUT2D eigenvalue weighted by Crippen LogP contribution is 2.22. The predicted molar refractivity (Wildman–Crippen MR) is 60.1 cm³/mol. The Morgan fingerprint density at radius 2 is 2.07 bits per heavy atom. The summed E-state index contributed by atoms with van der Waals surface area (Å²) in [7, 11) is 0. The van der Waals surface area contributed by atoms with Gasteiger partial charge in [-0.1, -0.05) is 18.2 Å². The van der Waals surface area contributed by atoms with Gasteiger partial charge in [0.1, 0.15) is 5.58 Å². The molecule has 0 bridgehead atoms. The zero-order valence-electron chi connectivity index (χ0n) is 8.83. The summed E-state index contributed by atoms with van der Waals surface area (Å²) in [5, 5.41) is 0.958. The molecule has 0 radical (unpaired) electrons. The number of hydrogen-bond acceptors (Lipinski definition) is 2. The predicted octanol–water partition coefficient (Wildman–Crippen LogP) is 3.50. The van der Waals surface area contributed by atoms with E-state index >= 15 is 0 Å². The Hall–Kier alpha value is -1.83. The number of benzene rings is 1. The van der Waals surface area contributed by atoms with Crippen LogP contribution >= 0.6 is 0 Å². The highest BCUT2D eigenvalue weighted by atomic mass is 16.3. The first-order valence-corrected chi connectivity index (χ1v) is 4.78. The summed E-state index contributed by atoms with van der Waals surface area (Å²) in [5.74, 6) is 0.229. The topological polar surface area (TPSA) is 30.2 Å². The molecule has 0 aliphatic rings. The van der Waals surface area contributed by atoms with Crippen molar-refractivity contribution in [1.29, 1.82) is 0 Å². The van der Waals surface area contributed by atoms with E-state index in [1.165, 1.54) is 0 Å². The highest BCUT2D eigenvalue weighted by molar-refractivity contribution is 6.07. The van der Waals surface area contributed by atoms with E-state index in [1.54, 1.807) is 13.0 Å². The second-order valence-corrected chi connectivity index (χ2v) is 3.76. The molecule has 0 saturated carbocycles. The first kappa shape index (κ1) is 9.71. The average Bonchev–Trinajstić information content (AvgIpc) is 2.58. The summed E-state index contributed by atoms with van der Waals surface area (Å²) < 4.78 is 5.44. The summed E-state index contributed by atoms with van der Waals surface area (Å²) in [6.07, 6.45) is 0. The number of carbonyl (C=O) groups is 1. The molecule has 0 aliphatic heterocycles. The lowest BCUT2D eigenvalue weighted by molar-refractivity contribution is 0.101. The van der Waals surface area contributed by atoms with E-state index in [9.17, 15) is 4.79 Å². The molecule has 1 aromatic heterocycles. The minimum atomic E-state index is -0.135. The van der Waals surface area contributed by atoms with Crippen molar-refractivity contribution in [2.45, 2.75) is 13.8 Å². The Bertz CT molecular complexity index is 547. The molecule has 0 aliphatic carbocycles. The van der Waals surface area contributed by atoms with Gasteiger partial charge in [0.25, 0.3) is 0 Å². The Morgan fingerprint density at radius 3 is 2.73 bits per heavy atom. The monoisotopic (exact) mass is 200 g/mol. The Kier molecular flexibility index (Phi) is 2.19. The molecular weight excluding hydrogens is 188 g/mol. The maximum atomic E-state index is 11.6. The van der Waals surface area contributed by atoms with Crippen LogP contribution < -0.4 is 0 Å². The van der Waals surface area contributed by atoms with Crippen molar-refractivity contribution in [2.75, 3.05) is 0 Å². The lowest BCUT2D eigenvalue weighted by atomic mass is 10.1. The van der Waals surface area contributed by atoms with Crippen molar-refractivity contribution >= 4 is 16.8 Å². The summed E-state index contributed by atoms with van der Waals surface area (Å²) in [6, 6.07) is 7.59. The van der Waals surface area contributed by atoms with E-state index < -0.39 is 0 Å². The molecule has 2 nitrogen and oxygen atoms in total. The minimum Gasteiger partial charge on any atom is -0.453 e. The van der Waals surface area contributed by atoms with Crippen molar-refractivity contribution in [1.82, 2.24) is 0 Å². The fourth-order valence-corrected chi connectivity index (χ4v) is 1.48. The van der Waals surface area contributed by atoms with E-state index in [1.807, 2.05) is 25.1 Å². The van der Waals surface area contributed by atoms with Gasteiger partial charge in [-0.05, 0) is 37.6 Å². The number of hydrogen-bond donors (Lipinski definition) is 0. The van der Waals surface area contributed by atoms with E-state index in [-0.39, 0.29) is 5.78 Å². The third kappa shape index (κ3) is 1.71. The van der Waals surface area contributed by atoms with Crippen LogP contribution in [0.1, 0.15) is 23.0 Å². The SMILES string of the molecule is C=C(C)C(=O)c1cc2cc(C)ccc2o1. The van der Waals surface area contributed by atoms with Crippen molar-refractivity contribution in [3.8, 4) is 0 Å². The van der Waals surface area contributed by atoms with Crippen LogP contribution in [-0.4, -0.2) is 5.78 Å². The maximum Gasteiger partial charge on any atom is 0.223 e. The van der Waals surface area contributed by atoms with Gasteiger partial charge in [0.2, 0.25) is 5.78 Å². The van der Waals surface area contributed by atoms with Crippen LogP contribution in [0.5, 0.6) is 0 Å². The van der Waals surface area contributed by atoms with Crippen molar-refractivity contribution < 1.29 is 9.21 Å². The molecular formula is C13H12O2. The molecule has 15 heavy (non-hydrogen) atoms. The zero-order valence-corrected chi connectivity index (χ0v) is 8.83. The molecule has 1 aromatic carbocycles. The van der Waals surface area contributed by atoms with Crippen LogP contribution in [0.15, 0.2) is 40.8 Å². The summed E-state index contributed by atoms with van der Waals surface area (Å²) in [5.41, 5.74) is 2.38. The minimum absolute atomic E-state index is 0.135. The van der Waals surface area contributed by atoms with Crippen LogP contribution in [0.2, 0.25) is 0 Å². The van der Waals surface area contributed by atoms with E-state index in [4.69, 9.17) is 4.42 Å².